The molecule has 2 aromatic carbocycles. The van der Waals surface area contributed by atoms with Gasteiger partial charge in [-0.1, -0.05) is 18.2 Å². The lowest BCUT2D eigenvalue weighted by Gasteiger charge is -2.19. The molecular weight excluding hydrogens is 352 g/mol. The molecule has 1 saturated heterocycles. The van der Waals surface area contributed by atoms with Crippen LogP contribution in [0.25, 0.3) is 0 Å². The first kappa shape index (κ1) is 18.4. The molecule has 0 aliphatic carbocycles. The third kappa shape index (κ3) is 4.05. The Kier molecular flexibility index (Phi) is 5.58. The van der Waals surface area contributed by atoms with Gasteiger partial charge in [0.2, 0.25) is 0 Å². The number of hydrogen-bond donors (Lipinski definition) is 1. The Hall–Kier alpha value is -2.38. The van der Waals surface area contributed by atoms with Crippen LogP contribution in [0.1, 0.15) is 23.2 Å². The Morgan fingerprint density at radius 2 is 1.85 bits per heavy atom. The lowest BCUT2D eigenvalue weighted by molar-refractivity contribution is 0.0858. The highest BCUT2D eigenvalue weighted by atomic mass is 32.2. The second-order valence-electron chi connectivity index (χ2n) is 6.18. The standard InChI is InChI=1S/C19H22N2O4S/c1-21(26(23,24)18-7-3-2-4-8-18)16-11-9-15(10-12-16)19(22)20-14-17-6-5-13-25-17/h2-4,7-12,17H,5-6,13-14H2,1H3,(H,20,22)/t17-/m0/s1. The number of hydrogen-bond acceptors (Lipinski definition) is 4. The molecule has 1 fully saturated rings. The van der Waals surface area contributed by atoms with Crippen molar-refractivity contribution < 1.29 is 17.9 Å². The first-order valence-corrected chi connectivity index (χ1v) is 9.96. The molecule has 0 saturated carbocycles. The highest BCUT2D eigenvalue weighted by Crippen LogP contribution is 2.22. The largest absolute Gasteiger partial charge is 0.376 e. The van der Waals surface area contributed by atoms with Crippen LogP contribution >= 0.6 is 0 Å². The fourth-order valence-corrected chi connectivity index (χ4v) is 4.04. The third-order valence-corrected chi connectivity index (χ3v) is 6.21. The maximum absolute atomic E-state index is 12.6. The molecule has 1 atom stereocenters. The second-order valence-corrected chi connectivity index (χ2v) is 8.15. The molecule has 1 aliphatic heterocycles. The van der Waals surface area contributed by atoms with Crippen LogP contribution < -0.4 is 9.62 Å². The Labute approximate surface area is 153 Å². The fourth-order valence-electron chi connectivity index (χ4n) is 2.83. The van der Waals surface area contributed by atoms with E-state index in [2.05, 4.69) is 5.32 Å². The quantitative estimate of drug-likeness (QED) is 0.843. The van der Waals surface area contributed by atoms with Gasteiger partial charge in [0, 0.05) is 25.8 Å². The van der Waals surface area contributed by atoms with Gasteiger partial charge < -0.3 is 10.1 Å². The van der Waals surface area contributed by atoms with Crippen molar-refractivity contribution in [3.05, 3.63) is 60.2 Å². The van der Waals surface area contributed by atoms with Gasteiger partial charge >= 0.3 is 0 Å². The van der Waals surface area contributed by atoms with Gasteiger partial charge in [0.1, 0.15) is 0 Å². The number of nitrogens with zero attached hydrogens (tertiary/aromatic N) is 1. The van der Waals surface area contributed by atoms with Gasteiger partial charge in [-0.05, 0) is 49.2 Å². The van der Waals surface area contributed by atoms with Crippen LogP contribution in [0, 0.1) is 0 Å². The molecule has 0 unspecified atom stereocenters. The van der Waals surface area contributed by atoms with Crippen molar-refractivity contribution in [3.8, 4) is 0 Å². The van der Waals surface area contributed by atoms with Crippen molar-refractivity contribution in [1.29, 1.82) is 0 Å². The molecular formula is C19H22N2O4S. The first-order valence-electron chi connectivity index (χ1n) is 8.52. The number of nitrogens with one attached hydrogen (secondary N) is 1. The van der Waals surface area contributed by atoms with E-state index >= 15 is 0 Å². The van der Waals surface area contributed by atoms with Gasteiger partial charge in [-0.25, -0.2) is 8.42 Å². The number of carbonyl (C=O) groups is 1. The predicted octanol–water partition coefficient (Wildman–Crippen LogP) is 2.42. The molecule has 1 N–H and O–H groups in total. The normalized spacial score (nSPS) is 17.0. The fraction of sp³-hybridized carbons (Fsp3) is 0.316. The van der Waals surface area contributed by atoms with E-state index in [0.717, 1.165) is 19.4 Å². The molecule has 6 nitrogen and oxygen atoms in total. The Balaban J connectivity index is 1.67. The summed E-state index contributed by atoms with van der Waals surface area (Å²) in [5.41, 5.74) is 0.974. The number of benzene rings is 2. The summed E-state index contributed by atoms with van der Waals surface area (Å²) < 4.78 is 32.0. The summed E-state index contributed by atoms with van der Waals surface area (Å²) >= 11 is 0. The van der Waals surface area contributed by atoms with Crippen LogP contribution in [0.5, 0.6) is 0 Å². The van der Waals surface area contributed by atoms with Crippen LogP contribution in [0.15, 0.2) is 59.5 Å². The topological polar surface area (TPSA) is 75.7 Å². The van der Waals surface area contributed by atoms with E-state index < -0.39 is 10.0 Å². The Bertz CT molecular complexity index is 845. The molecule has 2 aromatic rings. The van der Waals surface area contributed by atoms with Crippen molar-refractivity contribution in [3.63, 3.8) is 0 Å². The average Bonchev–Trinajstić information content (AvgIpc) is 3.20. The minimum atomic E-state index is -3.63. The van der Waals surface area contributed by atoms with Crippen molar-refractivity contribution in [2.75, 3.05) is 24.5 Å². The number of anilines is 1. The zero-order valence-corrected chi connectivity index (χ0v) is 15.4. The number of rotatable bonds is 6. The summed E-state index contributed by atoms with van der Waals surface area (Å²) in [7, 11) is -2.14. The molecule has 1 heterocycles. The lowest BCUT2D eigenvalue weighted by atomic mass is 10.2. The summed E-state index contributed by atoms with van der Waals surface area (Å²) in [5.74, 6) is -0.194. The predicted molar refractivity (Wildman–Crippen MR) is 99.8 cm³/mol. The summed E-state index contributed by atoms with van der Waals surface area (Å²) in [6.45, 7) is 1.24. The molecule has 1 amide bonds. The molecule has 0 bridgehead atoms. The number of amides is 1. The summed E-state index contributed by atoms with van der Waals surface area (Å²) in [6, 6.07) is 14.7. The number of ether oxygens (including phenoxy) is 1. The van der Waals surface area contributed by atoms with Gasteiger partial charge in [-0.2, -0.15) is 0 Å². The zero-order chi connectivity index (χ0) is 18.6. The monoisotopic (exact) mass is 374 g/mol. The van der Waals surface area contributed by atoms with E-state index in [4.69, 9.17) is 4.74 Å². The maximum Gasteiger partial charge on any atom is 0.264 e. The van der Waals surface area contributed by atoms with Gasteiger partial charge in [-0.15, -0.1) is 0 Å². The number of sulfonamides is 1. The SMILES string of the molecule is CN(c1ccc(C(=O)NC[C@@H]2CCCO2)cc1)S(=O)(=O)c1ccccc1. The molecule has 1 aliphatic rings. The first-order chi connectivity index (χ1) is 12.5. The van der Waals surface area contributed by atoms with Gasteiger partial charge in [0.05, 0.1) is 16.7 Å². The van der Waals surface area contributed by atoms with Crippen LogP contribution in [0.3, 0.4) is 0 Å². The minimum Gasteiger partial charge on any atom is -0.376 e. The molecule has 3 rings (SSSR count). The zero-order valence-electron chi connectivity index (χ0n) is 14.6. The molecule has 0 spiro atoms. The minimum absolute atomic E-state index is 0.0837. The van der Waals surface area contributed by atoms with Gasteiger partial charge in [-0.3, -0.25) is 9.10 Å². The van der Waals surface area contributed by atoms with Gasteiger partial charge in [0.25, 0.3) is 15.9 Å². The van der Waals surface area contributed by atoms with E-state index in [9.17, 15) is 13.2 Å². The Morgan fingerprint density at radius 3 is 2.46 bits per heavy atom. The van der Waals surface area contributed by atoms with E-state index in [1.165, 1.54) is 11.4 Å². The van der Waals surface area contributed by atoms with E-state index in [1.807, 2.05) is 0 Å². The molecule has 0 radical (unpaired) electrons. The smallest absolute Gasteiger partial charge is 0.264 e. The molecule has 7 heteroatoms. The van der Waals surface area contributed by atoms with Gasteiger partial charge in [0.15, 0.2) is 0 Å². The molecule has 138 valence electrons. The van der Waals surface area contributed by atoms with Crippen LogP contribution in [0.2, 0.25) is 0 Å². The van der Waals surface area contributed by atoms with E-state index in [0.29, 0.717) is 17.8 Å². The van der Waals surface area contributed by atoms with E-state index in [1.54, 1.807) is 54.6 Å². The lowest BCUT2D eigenvalue weighted by Crippen LogP contribution is -2.31. The number of carbonyl (C=O) groups excluding carboxylic acids is 1. The average molecular weight is 374 g/mol. The maximum atomic E-state index is 12.6. The summed E-state index contributed by atoms with van der Waals surface area (Å²) in [4.78, 5) is 12.4. The van der Waals surface area contributed by atoms with Crippen molar-refractivity contribution >= 4 is 21.6 Å². The van der Waals surface area contributed by atoms with Crippen molar-refractivity contribution in [1.82, 2.24) is 5.32 Å². The Morgan fingerprint density at radius 1 is 1.15 bits per heavy atom. The van der Waals surface area contributed by atoms with Crippen LogP contribution in [0.4, 0.5) is 5.69 Å². The molecule has 26 heavy (non-hydrogen) atoms. The van der Waals surface area contributed by atoms with Crippen molar-refractivity contribution in [2.45, 2.75) is 23.8 Å². The summed E-state index contributed by atoms with van der Waals surface area (Å²) in [6.07, 6.45) is 2.07. The van der Waals surface area contributed by atoms with Crippen LogP contribution in [-0.4, -0.2) is 40.6 Å². The van der Waals surface area contributed by atoms with Crippen molar-refractivity contribution in [2.24, 2.45) is 0 Å². The highest BCUT2D eigenvalue weighted by molar-refractivity contribution is 7.92. The third-order valence-electron chi connectivity index (χ3n) is 4.41. The molecule has 0 aromatic heterocycles. The summed E-state index contributed by atoms with van der Waals surface area (Å²) in [5, 5.41) is 2.85. The highest BCUT2D eigenvalue weighted by Gasteiger charge is 2.21. The van der Waals surface area contributed by atoms with E-state index in [-0.39, 0.29) is 16.9 Å². The van der Waals surface area contributed by atoms with Crippen LogP contribution in [-0.2, 0) is 14.8 Å². The second kappa shape index (κ2) is 7.88.